The Morgan fingerprint density at radius 2 is 1.88 bits per heavy atom. The molecular formula is C19H29N3O3. The molecule has 3 rings (SSSR count). The van der Waals surface area contributed by atoms with Crippen LogP contribution in [0.4, 0.5) is 0 Å². The Morgan fingerprint density at radius 3 is 2.64 bits per heavy atom. The van der Waals surface area contributed by atoms with Gasteiger partial charge in [-0.3, -0.25) is 14.6 Å². The van der Waals surface area contributed by atoms with Gasteiger partial charge in [-0.25, -0.2) is 0 Å². The fraction of sp³-hybridized carbons (Fsp3) is 0.632. The first kappa shape index (κ1) is 18.0. The van der Waals surface area contributed by atoms with Crippen LogP contribution in [0.25, 0.3) is 0 Å². The lowest BCUT2D eigenvalue weighted by Crippen LogP contribution is -2.49. The third kappa shape index (κ3) is 5.09. The largest absolute Gasteiger partial charge is 0.454 e. The lowest BCUT2D eigenvalue weighted by atomic mass is 10.1. The molecule has 0 saturated carbocycles. The molecule has 6 nitrogen and oxygen atoms in total. The number of carbonyl (C=O) groups is 1. The average Bonchev–Trinajstić information content (AvgIpc) is 3.04. The van der Waals surface area contributed by atoms with Crippen molar-refractivity contribution in [1.82, 2.24) is 15.1 Å². The van der Waals surface area contributed by atoms with E-state index in [1.54, 1.807) is 0 Å². The molecule has 1 aromatic rings. The Hall–Kier alpha value is -1.79. The summed E-state index contributed by atoms with van der Waals surface area (Å²) < 4.78 is 10.8. The quantitative estimate of drug-likeness (QED) is 0.816. The zero-order valence-corrected chi connectivity index (χ0v) is 15.3. The minimum Gasteiger partial charge on any atom is -0.454 e. The number of nitrogens with zero attached hydrogens (tertiary/aromatic N) is 2. The molecule has 0 bridgehead atoms. The van der Waals surface area contributed by atoms with Crippen LogP contribution in [0.15, 0.2) is 18.2 Å². The molecular weight excluding hydrogens is 318 g/mol. The average molecular weight is 347 g/mol. The van der Waals surface area contributed by atoms with Crippen molar-refractivity contribution in [1.29, 1.82) is 0 Å². The molecule has 1 aromatic carbocycles. The van der Waals surface area contributed by atoms with Crippen molar-refractivity contribution in [3.63, 3.8) is 0 Å². The monoisotopic (exact) mass is 347 g/mol. The molecule has 0 unspecified atom stereocenters. The summed E-state index contributed by atoms with van der Waals surface area (Å²) in [7, 11) is 0. The van der Waals surface area contributed by atoms with Crippen molar-refractivity contribution in [2.45, 2.75) is 39.3 Å². The highest BCUT2D eigenvalue weighted by molar-refractivity contribution is 5.78. The topological polar surface area (TPSA) is 54.0 Å². The van der Waals surface area contributed by atoms with Gasteiger partial charge in [-0.15, -0.1) is 0 Å². The predicted octanol–water partition coefficient (Wildman–Crippen LogP) is 1.84. The molecule has 1 amide bonds. The van der Waals surface area contributed by atoms with Crippen LogP contribution in [0, 0.1) is 0 Å². The maximum absolute atomic E-state index is 12.1. The van der Waals surface area contributed by atoms with Crippen LogP contribution in [0.1, 0.15) is 32.3 Å². The Labute approximate surface area is 150 Å². The molecule has 2 aliphatic heterocycles. The lowest BCUT2D eigenvalue weighted by Gasteiger charge is -2.34. The predicted molar refractivity (Wildman–Crippen MR) is 96.8 cm³/mol. The SMILES string of the molecule is CCC[C@@H](C)NC(=O)CN1CCN(Cc2ccc3c(c2)OCO3)CC1. The van der Waals surface area contributed by atoms with E-state index in [2.05, 4.69) is 41.1 Å². The van der Waals surface area contributed by atoms with Gasteiger partial charge in [0.25, 0.3) is 0 Å². The highest BCUT2D eigenvalue weighted by Gasteiger charge is 2.20. The van der Waals surface area contributed by atoms with Crippen molar-refractivity contribution in [2.75, 3.05) is 39.5 Å². The number of hydrogen-bond donors (Lipinski definition) is 1. The molecule has 1 atom stereocenters. The number of carbonyl (C=O) groups excluding carboxylic acids is 1. The van der Waals surface area contributed by atoms with Gasteiger partial charge >= 0.3 is 0 Å². The van der Waals surface area contributed by atoms with Crippen molar-refractivity contribution in [2.24, 2.45) is 0 Å². The molecule has 25 heavy (non-hydrogen) atoms. The fourth-order valence-electron chi connectivity index (χ4n) is 3.43. The molecule has 138 valence electrons. The van der Waals surface area contributed by atoms with E-state index >= 15 is 0 Å². The highest BCUT2D eigenvalue weighted by atomic mass is 16.7. The standard InChI is InChI=1S/C19H29N3O3/c1-3-4-15(2)20-19(23)13-22-9-7-21(8-10-22)12-16-5-6-17-18(11-16)25-14-24-17/h5-6,11,15H,3-4,7-10,12-14H2,1-2H3,(H,20,23)/t15-/m1/s1. The molecule has 0 aliphatic carbocycles. The van der Waals surface area contributed by atoms with E-state index in [1.807, 2.05) is 6.07 Å². The van der Waals surface area contributed by atoms with Crippen molar-refractivity contribution in [3.05, 3.63) is 23.8 Å². The van der Waals surface area contributed by atoms with Crippen LogP contribution in [-0.2, 0) is 11.3 Å². The number of ether oxygens (including phenoxy) is 2. The molecule has 1 fully saturated rings. The van der Waals surface area contributed by atoms with E-state index in [4.69, 9.17) is 9.47 Å². The Morgan fingerprint density at radius 1 is 1.16 bits per heavy atom. The summed E-state index contributed by atoms with van der Waals surface area (Å²) in [6, 6.07) is 6.42. The first-order valence-electron chi connectivity index (χ1n) is 9.26. The number of nitrogens with one attached hydrogen (secondary N) is 1. The summed E-state index contributed by atoms with van der Waals surface area (Å²) in [5.41, 5.74) is 1.24. The first-order valence-corrected chi connectivity index (χ1v) is 9.26. The van der Waals surface area contributed by atoms with Crippen LogP contribution >= 0.6 is 0 Å². The number of hydrogen-bond acceptors (Lipinski definition) is 5. The summed E-state index contributed by atoms with van der Waals surface area (Å²) >= 11 is 0. The third-order valence-corrected chi connectivity index (χ3v) is 4.80. The Balaban J connectivity index is 1.40. The van der Waals surface area contributed by atoms with Crippen LogP contribution < -0.4 is 14.8 Å². The minimum absolute atomic E-state index is 0.144. The van der Waals surface area contributed by atoms with Gasteiger partial charge in [0.15, 0.2) is 11.5 Å². The van der Waals surface area contributed by atoms with Crippen molar-refractivity contribution < 1.29 is 14.3 Å². The van der Waals surface area contributed by atoms with Crippen molar-refractivity contribution >= 4 is 5.91 Å². The van der Waals surface area contributed by atoms with Gasteiger partial charge in [0.1, 0.15) is 0 Å². The van der Waals surface area contributed by atoms with E-state index < -0.39 is 0 Å². The van der Waals surface area contributed by atoms with Crippen LogP contribution in [0.3, 0.4) is 0 Å². The number of rotatable bonds is 7. The van der Waals surface area contributed by atoms with Gasteiger partial charge in [0.05, 0.1) is 6.54 Å². The minimum atomic E-state index is 0.144. The van der Waals surface area contributed by atoms with E-state index in [0.717, 1.165) is 57.1 Å². The smallest absolute Gasteiger partial charge is 0.234 e. The van der Waals surface area contributed by atoms with E-state index in [1.165, 1.54) is 5.56 Å². The van der Waals surface area contributed by atoms with E-state index in [9.17, 15) is 4.79 Å². The van der Waals surface area contributed by atoms with Crippen molar-refractivity contribution in [3.8, 4) is 11.5 Å². The van der Waals surface area contributed by atoms with Crippen LogP contribution in [0.2, 0.25) is 0 Å². The maximum atomic E-state index is 12.1. The molecule has 0 radical (unpaired) electrons. The summed E-state index contributed by atoms with van der Waals surface area (Å²) in [5, 5.41) is 3.08. The first-order chi connectivity index (χ1) is 12.1. The summed E-state index contributed by atoms with van der Waals surface area (Å²) in [6.07, 6.45) is 2.13. The molecule has 0 aromatic heterocycles. The highest BCUT2D eigenvalue weighted by Crippen LogP contribution is 2.32. The second-order valence-electron chi connectivity index (χ2n) is 7.00. The number of fused-ring (bicyclic) bond motifs is 1. The van der Waals surface area contributed by atoms with E-state index in [-0.39, 0.29) is 11.9 Å². The maximum Gasteiger partial charge on any atom is 0.234 e. The second kappa shape index (κ2) is 8.54. The molecule has 1 saturated heterocycles. The summed E-state index contributed by atoms with van der Waals surface area (Å²) in [6.45, 7) is 9.76. The van der Waals surface area contributed by atoms with Gasteiger partial charge in [-0.2, -0.15) is 0 Å². The second-order valence-corrected chi connectivity index (χ2v) is 7.00. The third-order valence-electron chi connectivity index (χ3n) is 4.80. The summed E-state index contributed by atoms with van der Waals surface area (Å²) in [4.78, 5) is 16.7. The van der Waals surface area contributed by atoms with Gasteiger partial charge in [-0.05, 0) is 31.0 Å². The Kier molecular flexibility index (Phi) is 6.15. The van der Waals surface area contributed by atoms with Gasteiger partial charge in [-0.1, -0.05) is 19.4 Å². The number of piperazine rings is 1. The summed E-state index contributed by atoms with van der Waals surface area (Å²) in [5.74, 6) is 1.82. The van der Waals surface area contributed by atoms with Gasteiger partial charge < -0.3 is 14.8 Å². The Bertz CT molecular complexity index is 585. The number of benzene rings is 1. The molecule has 0 spiro atoms. The van der Waals surface area contributed by atoms with E-state index in [0.29, 0.717) is 13.3 Å². The molecule has 2 aliphatic rings. The molecule has 2 heterocycles. The zero-order chi connectivity index (χ0) is 17.6. The molecule has 6 heteroatoms. The lowest BCUT2D eigenvalue weighted by molar-refractivity contribution is -0.123. The van der Waals surface area contributed by atoms with Gasteiger partial charge in [0, 0.05) is 38.8 Å². The molecule has 1 N–H and O–H groups in total. The normalized spacial score (nSPS) is 19.0. The zero-order valence-electron chi connectivity index (χ0n) is 15.3. The van der Waals surface area contributed by atoms with Crippen LogP contribution in [0.5, 0.6) is 11.5 Å². The fourth-order valence-corrected chi connectivity index (χ4v) is 3.43. The number of amides is 1. The van der Waals surface area contributed by atoms with Gasteiger partial charge in [0.2, 0.25) is 12.7 Å². The van der Waals surface area contributed by atoms with Crippen LogP contribution in [-0.4, -0.2) is 61.3 Å².